The molecule has 0 spiro atoms. The van der Waals surface area contributed by atoms with Crippen LogP contribution >= 0.6 is 0 Å². The molecule has 2 aromatic rings. The molecule has 2 heterocycles. The molecular weight excluding hydrogens is 366 g/mol. The van der Waals surface area contributed by atoms with Crippen LogP contribution in [0.25, 0.3) is 11.3 Å². The Bertz CT molecular complexity index is 890. The lowest BCUT2D eigenvalue weighted by Gasteiger charge is -2.70. The van der Waals surface area contributed by atoms with Crippen LogP contribution in [0.1, 0.15) is 51.2 Å². The van der Waals surface area contributed by atoms with Gasteiger partial charge in [0.15, 0.2) is 6.29 Å². The Labute approximate surface area is 172 Å². The van der Waals surface area contributed by atoms with Crippen molar-refractivity contribution in [2.75, 3.05) is 19.8 Å². The second-order valence-electron chi connectivity index (χ2n) is 10.2. The van der Waals surface area contributed by atoms with E-state index in [0.29, 0.717) is 31.8 Å². The zero-order valence-corrected chi connectivity index (χ0v) is 17.6. The number of rotatable bonds is 6. The first kappa shape index (κ1) is 19.2. The van der Waals surface area contributed by atoms with Gasteiger partial charge in [-0.3, -0.25) is 0 Å². The monoisotopic (exact) mass is 397 g/mol. The van der Waals surface area contributed by atoms with E-state index in [2.05, 4.69) is 49.3 Å². The molecule has 1 aliphatic heterocycles. The van der Waals surface area contributed by atoms with E-state index in [1.807, 2.05) is 10.9 Å². The van der Waals surface area contributed by atoms with E-state index in [1.54, 1.807) is 0 Å². The Morgan fingerprint density at radius 3 is 2.55 bits per heavy atom. The third kappa shape index (κ3) is 3.22. The summed E-state index contributed by atoms with van der Waals surface area (Å²) in [6, 6.07) is 6.80. The zero-order valence-electron chi connectivity index (χ0n) is 17.6. The smallest absolute Gasteiger partial charge is 0.177 e. The quantitative estimate of drug-likeness (QED) is 0.810. The van der Waals surface area contributed by atoms with Gasteiger partial charge in [-0.15, -0.1) is 5.10 Å². The molecule has 4 aliphatic rings. The molecule has 3 aliphatic carbocycles. The van der Waals surface area contributed by atoms with E-state index >= 15 is 0 Å². The molecule has 0 amide bonds. The lowest BCUT2D eigenvalue weighted by atomic mass is 9.34. The minimum absolute atomic E-state index is 0.0685. The summed E-state index contributed by atoms with van der Waals surface area (Å²) >= 11 is 0. The second-order valence-corrected chi connectivity index (χ2v) is 10.2. The van der Waals surface area contributed by atoms with Gasteiger partial charge >= 0.3 is 0 Å². The van der Waals surface area contributed by atoms with Gasteiger partial charge in [-0.05, 0) is 47.6 Å². The Kier molecular flexibility index (Phi) is 4.39. The highest BCUT2D eigenvalue weighted by atomic mass is 16.7. The van der Waals surface area contributed by atoms with Crippen LogP contribution in [0.5, 0.6) is 0 Å². The Balaban J connectivity index is 1.30. The van der Waals surface area contributed by atoms with Crippen molar-refractivity contribution in [3.8, 4) is 11.3 Å². The Morgan fingerprint density at radius 1 is 1.17 bits per heavy atom. The van der Waals surface area contributed by atoms with E-state index in [1.165, 1.54) is 11.1 Å². The lowest BCUT2D eigenvalue weighted by Crippen LogP contribution is -2.66. The average Bonchev–Trinajstić information content (AvgIpc) is 3.10. The summed E-state index contributed by atoms with van der Waals surface area (Å²) in [5.41, 5.74) is 5.39. The molecule has 0 atom stereocenters. The van der Waals surface area contributed by atoms with Gasteiger partial charge in [-0.25, -0.2) is 4.68 Å². The maximum Gasteiger partial charge on any atom is 0.177 e. The van der Waals surface area contributed by atoms with Crippen LogP contribution < -0.4 is 0 Å². The van der Waals surface area contributed by atoms with E-state index in [9.17, 15) is 5.11 Å². The van der Waals surface area contributed by atoms with Crippen LogP contribution in [0.4, 0.5) is 0 Å². The predicted octanol–water partition coefficient (Wildman–Crippen LogP) is 3.32. The number of ether oxygens (including phenoxy) is 2. The standard InChI is InChI=1S/C23H31N3O3/c1-4-16-7-17(23-10-22(11-23,12-23)13-27)5-6-18(16)19-8-26(25-24-19)9-20-28-14-21(2,3)15-29-20/h5-8,20,27H,4,9-15H2,1-3H3. The van der Waals surface area contributed by atoms with Crippen LogP contribution in [0, 0.1) is 10.8 Å². The van der Waals surface area contributed by atoms with E-state index in [-0.39, 0.29) is 17.1 Å². The van der Waals surface area contributed by atoms with E-state index in [0.717, 1.165) is 36.9 Å². The van der Waals surface area contributed by atoms with Crippen molar-refractivity contribution in [3.63, 3.8) is 0 Å². The van der Waals surface area contributed by atoms with Crippen LogP contribution in [-0.2, 0) is 27.9 Å². The molecular formula is C23H31N3O3. The topological polar surface area (TPSA) is 69.4 Å². The highest BCUT2D eigenvalue weighted by Gasteiger charge is 2.67. The minimum Gasteiger partial charge on any atom is -0.396 e. The number of aliphatic hydroxyl groups excluding tert-OH is 1. The maximum absolute atomic E-state index is 9.55. The molecule has 1 saturated heterocycles. The largest absolute Gasteiger partial charge is 0.396 e. The average molecular weight is 398 g/mol. The SMILES string of the molecule is CCc1cc(C23CC(CO)(C2)C3)ccc1-c1cn(CC2OCC(C)(C)CO2)nn1. The number of benzene rings is 1. The van der Waals surface area contributed by atoms with Crippen molar-refractivity contribution in [1.29, 1.82) is 0 Å². The van der Waals surface area contributed by atoms with E-state index < -0.39 is 0 Å². The highest BCUT2D eigenvalue weighted by molar-refractivity contribution is 5.64. The summed E-state index contributed by atoms with van der Waals surface area (Å²) in [5, 5.41) is 18.3. The Hall–Kier alpha value is -1.76. The number of nitrogens with zero attached hydrogens (tertiary/aromatic N) is 3. The van der Waals surface area contributed by atoms with Crippen LogP contribution in [0.15, 0.2) is 24.4 Å². The molecule has 0 unspecified atom stereocenters. The number of aryl methyl sites for hydroxylation is 1. The van der Waals surface area contributed by atoms with Gasteiger partial charge in [-0.1, -0.05) is 44.2 Å². The van der Waals surface area contributed by atoms with Gasteiger partial charge in [-0.2, -0.15) is 0 Å². The molecule has 156 valence electrons. The van der Waals surface area contributed by atoms with Crippen LogP contribution in [-0.4, -0.2) is 46.2 Å². The first-order valence-electron chi connectivity index (χ1n) is 10.7. The molecule has 1 N–H and O–H groups in total. The summed E-state index contributed by atoms with van der Waals surface area (Å²) in [7, 11) is 0. The summed E-state index contributed by atoms with van der Waals surface area (Å²) in [6.45, 7) is 8.75. The fraction of sp³-hybridized carbons (Fsp3) is 0.652. The van der Waals surface area contributed by atoms with Gasteiger partial charge in [0.2, 0.25) is 0 Å². The van der Waals surface area contributed by atoms with Gasteiger partial charge in [0.25, 0.3) is 0 Å². The number of hydrogen-bond acceptors (Lipinski definition) is 5. The first-order chi connectivity index (χ1) is 13.9. The third-order valence-electron chi connectivity index (χ3n) is 7.04. The van der Waals surface area contributed by atoms with Gasteiger partial charge < -0.3 is 14.6 Å². The summed E-state index contributed by atoms with van der Waals surface area (Å²) in [4.78, 5) is 0. The molecule has 2 bridgehead atoms. The van der Waals surface area contributed by atoms with Crippen molar-refractivity contribution in [1.82, 2.24) is 15.0 Å². The zero-order chi connectivity index (χ0) is 20.3. The molecule has 4 fully saturated rings. The number of aromatic nitrogens is 3. The normalized spacial score (nSPS) is 30.6. The minimum atomic E-state index is -0.270. The maximum atomic E-state index is 9.55. The molecule has 6 rings (SSSR count). The van der Waals surface area contributed by atoms with Gasteiger partial charge in [0, 0.05) is 17.6 Å². The summed E-state index contributed by atoms with van der Waals surface area (Å²) < 4.78 is 13.5. The number of hydrogen-bond donors (Lipinski definition) is 1. The first-order valence-corrected chi connectivity index (χ1v) is 10.7. The Morgan fingerprint density at radius 2 is 1.90 bits per heavy atom. The van der Waals surface area contributed by atoms with Gasteiger partial charge in [0.05, 0.1) is 26.0 Å². The molecule has 1 aromatic carbocycles. The molecule has 6 nitrogen and oxygen atoms in total. The molecule has 1 aromatic heterocycles. The lowest BCUT2D eigenvalue weighted by molar-refractivity contribution is -0.227. The van der Waals surface area contributed by atoms with Crippen molar-refractivity contribution in [2.45, 2.75) is 64.7 Å². The summed E-state index contributed by atoms with van der Waals surface area (Å²) in [6.07, 6.45) is 6.08. The third-order valence-corrected chi connectivity index (χ3v) is 7.04. The second kappa shape index (κ2) is 6.62. The van der Waals surface area contributed by atoms with Crippen LogP contribution in [0.3, 0.4) is 0 Å². The molecule has 3 saturated carbocycles. The summed E-state index contributed by atoms with van der Waals surface area (Å²) in [5.74, 6) is 0. The van der Waals surface area contributed by atoms with Crippen molar-refractivity contribution in [2.24, 2.45) is 10.8 Å². The predicted molar refractivity (Wildman–Crippen MR) is 109 cm³/mol. The molecule has 29 heavy (non-hydrogen) atoms. The van der Waals surface area contributed by atoms with E-state index in [4.69, 9.17) is 9.47 Å². The highest BCUT2D eigenvalue weighted by Crippen LogP contribution is 2.73. The van der Waals surface area contributed by atoms with Crippen molar-refractivity contribution in [3.05, 3.63) is 35.5 Å². The van der Waals surface area contributed by atoms with Crippen molar-refractivity contribution < 1.29 is 14.6 Å². The van der Waals surface area contributed by atoms with Crippen molar-refractivity contribution >= 4 is 0 Å². The molecule has 0 radical (unpaired) electrons. The molecule has 6 heteroatoms. The number of aliphatic hydroxyl groups is 1. The fourth-order valence-corrected chi connectivity index (χ4v) is 5.43. The fourth-order valence-electron chi connectivity index (χ4n) is 5.43. The van der Waals surface area contributed by atoms with Crippen LogP contribution in [0.2, 0.25) is 0 Å². The van der Waals surface area contributed by atoms with Gasteiger partial charge in [0.1, 0.15) is 5.69 Å².